The maximum Gasteiger partial charge on any atom is 0.435 e. The van der Waals surface area contributed by atoms with Crippen molar-refractivity contribution in [3.8, 4) is 16.9 Å². The van der Waals surface area contributed by atoms with Gasteiger partial charge < -0.3 is 9.57 Å². The summed E-state index contributed by atoms with van der Waals surface area (Å²) >= 11 is 0. The zero-order valence-corrected chi connectivity index (χ0v) is 26.0. The summed E-state index contributed by atoms with van der Waals surface area (Å²) in [6.45, 7) is 1.62. The van der Waals surface area contributed by atoms with E-state index in [1.165, 1.54) is 29.3 Å². The van der Waals surface area contributed by atoms with Crippen LogP contribution in [0.4, 0.5) is 18.0 Å². The van der Waals surface area contributed by atoms with Crippen molar-refractivity contribution >= 4 is 27.9 Å². The van der Waals surface area contributed by atoms with Gasteiger partial charge in [-0.15, -0.1) is 0 Å². The number of amides is 3. The fraction of sp³-hybridized carbons (Fsp3) is 0.200. The Bertz CT molecular complexity index is 2140. The van der Waals surface area contributed by atoms with Crippen LogP contribution in [0.3, 0.4) is 0 Å². The number of aryl methyl sites for hydroxylation is 1. The number of benzene rings is 3. The van der Waals surface area contributed by atoms with Crippen LogP contribution in [0.25, 0.3) is 16.9 Å². The molecule has 2 aliphatic heterocycles. The third kappa shape index (κ3) is 6.10. The normalized spacial score (nSPS) is 15.0. The molecule has 0 spiro atoms. The van der Waals surface area contributed by atoms with Crippen LogP contribution in [-0.2, 0) is 20.9 Å². The van der Waals surface area contributed by atoms with Crippen molar-refractivity contribution < 1.29 is 50.2 Å². The van der Waals surface area contributed by atoms with Gasteiger partial charge >= 0.3 is 12.3 Å². The minimum Gasteiger partial charge on any atom is -0.442 e. The SMILES string of the molecule is Cc1ccc(-c2cc(C(F)(F)F)nn2-c2ccc(S(=O)(=O)NC(=O)OC3CN(n4on4OCN4C(=O)c5ccccc5C4=O)C3)cc2)cc1. The van der Waals surface area contributed by atoms with Crippen LogP contribution in [0.5, 0.6) is 0 Å². The molecule has 4 heterocycles. The number of imide groups is 1. The summed E-state index contributed by atoms with van der Waals surface area (Å²) in [7, 11) is -4.41. The van der Waals surface area contributed by atoms with E-state index in [1.807, 2.05) is 6.92 Å². The molecule has 49 heavy (non-hydrogen) atoms. The second-order valence-electron chi connectivity index (χ2n) is 11.1. The summed E-state index contributed by atoms with van der Waals surface area (Å²) in [6.07, 6.45) is -6.68. The third-order valence-electron chi connectivity index (χ3n) is 7.73. The highest BCUT2D eigenvalue weighted by atomic mass is 32.2. The van der Waals surface area contributed by atoms with E-state index >= 15 is 0 Å². The fourth-order valence-corrected chi connectivity index (χ4v) is 6.01. The molecule has 0 radical (unpaired) electrons. The summed E-state index contributed by atoms with van der Waals surface area (Å²) < 4.78 is 79.4. The highest BCUT2D eigenvalue weighted by Crippen LogP contribution is 2.33. The average Bonchev–Trinajstić information content (AvgIpc) is 3.57. The smallest absolute Gasteiger partial charge is 0.435 e. The second kappa shape index (κ2) is 11.6. The molecule has 1 fully saturated rings. The number of halogens is 3. The number of rotatable bonds is 9. The van der Waals surface area contributed by atoms with E-state index in [-0.39, 0.29) is 40.5 Å². The first-order valence-electron chi connectivity index (χ1n) is 14.5. The number of alkyl halides is 3. The van der Waals surface area contributed by atoms with Crippen LogP contribution < -0.4 is 14.6 Å². The summed E-state index contributed by atoms with van der Waals surface area (Å²) in [4.78, 5) is 44.3. The van der Waals surface area contributed by atoms with Gasteiger partial charge in [0.25, 0.3) is 21.8 Å². The molecular weight excluding hydrogens is 675 g/mol. The van der Waals surface area contributed by atoms with Crippen molar-refractivity contribution in [3.05, 3.63) is 101 Å². The standard InChI is InChI=1S/C30H24F3N7O8S/c1-18-6-8-19(9-7-18)25-14-26(30(31,32)33)34-38(25)20-10-12-22(13-11-20)49(44,45)35-29(43)47-21-15-36(16-21)39-40(48-39)46-17-37-27(41)23-4-2-3-5-24(23)28(37)42/h2-14,21H,15-17H2,1H3,(H,35,43). The molecule has 254 valence electrons. The number of carbonyl (C=O) groups excluding carboxylic acids is 3. The van der Waals surface area contributed by atoms with Crippen LogP contribution in [0.1, 0.15) is 32.0 Å². The second-order valence-corrected chi connectivity index (χ2v) is 12.8. The molecule has 0 aliphatic carbocycles. The minimum atomic E-state index is -4.71. The maximum atomic E-state index is 13.5. The lowest BCUT2D eigenvalue weighted by Gasteiger charge is -2.34. The van der Waals surface area contributed by atoms with Gasteiger partial charge in [0, 0.05) is 5.56 Å². The Kier molecular flexibility index (Phi) is 7.49. The van der Waals surface area contributed by atoms with E-state index in [1.54, 1.807) is 41.1 Å². The molecular formula is C30H24F3N7O8S. The van der Waals surface area contributed by atoms with E-state index in [2.05, 4.69) is 5.10 Å². The Labute approximate surface area is 274 Å². The van der Waals surface area contributed by atoms with Crippen LogP contribution in [0.2, 0.25) is 0 Å². The Morgan fingerprint density at radius 3 is 2.22 bits per heavy atom. The predicted octanol–water partition coefficient (Wildman–Crippen LogP) is 3.18. The molecule has 2 aliphatic rings. The number of ether oxygens (including phenoxy) is 1. The van der Waals surface area contributed by atoms with Gasteiger partial charge in [-0.25, -0.2) is 27.5 Å². The number of hydrogen-bond donors (Lipinski definition) is 1. The summed E-state index contributed by atoms with van der Waals surface area (Å²) in [6, 6.07) is 18.8. The topological polar surface area (TPSA) is 163 Å². The van der Waals surface area contributed by atoms with Crippen molar-refractivity contribution in [1.82, 2.24) is 29.4 Å². The van der Waals surface area contributed by atoms with E-state index in [4.69, 9.17) is 14.2 Å². The molecule has 0 unspecified atom stereocenters. The first kappa shape index (κ1) is 31.6. The third-order valence-corrected chi connectivity index (χ3v) is 9.06. The number of nitrogens with one attached hydrogen (secondary N) is 1. The number of nitrogens with zero attached hydrogens (tertiary/aromatic N) is 6. The molecule has 0 bridgehead atoms. The van der Waals surface area contributed by atoms with Gasteiger partial charge in [0.05, 0.1) is 45.5 Å². The molecule has 3 amide bonds. The quantitative estimate of drug-likeness (QED) is 0.226. The molecule has 0 saturated carbocycles. The first-order valence-corrected chi connectivity index (χ1v) is 16.0. The van der Waals surface area contributed by atoms with E-state index in [0.29, 0.717) is 5.56 Å². The Balaban J connectivity index is 0.925. The lowest BCUT2D eigenvalue weighted by molar-refractivity contribution is -0.141. The van der Waals surface area contributed by atoms with Gasteiger partial charge in [-0.2, -0.15) is 22.9 Å². The largest absolute Gasteiger partial charge is 0.442 e. The van der Waals surface area contributed by atoms with Crippen molar-refractivity contribution in [2.75, 3.05) is 24.8 Å². The molecule has 1 saturated heterocycles. The predicted molar refractivity (Wildman–Crippen MR) is 160 cm³/mol. The van der Waals surface area contributed by atoms with Gasteiger partial charge in [-0.3, -0.25) is 14.6 Å². The molecule has 7 rings (SSSR count). The summed E-state index contributed by atoms with van der Waals surface area (Å²) in [5.41, 5.74) is 1.09. The fourth-order valence-electron chi connectivity index (χ4n) is 5.13. The molecule has 2 aromatic heterocycles. The molecule has 19 heteroatoms. The minimum absolute atomic E-state index is 0.0993. The van der Waals surface area contributed by atoms with Gasteiger partial charge in [-0.05, 0) is 49.4 Å². The lowest BCUT2D eigenvalue weighted by Crippen LogP contribution is -2.58. The molecule has 1 N–H and O–H groups in total. The number of fused-ring (bicyclic) bond motifs is 1. The van der Waals surface area contributed by atoms with E-state index in [9.17, 15) is 36.0 Å². The van der Waals surface area contributed by atoms with Gasteiger partial charge in [0.1, 0.15) is 11.1 Å². The number of aromatic nitrogens is 4. The monoisotopic (exact) mass is 699 g/mol. The lowest BCUT2D eigenvalue weighted by atomic mass is 10.1. The zero-order chi connectivity index (χ0) is 34.7. The molecule has 5 aromatic rings. The molecule has 15 nitrogen and oxygen atoms in total. The number of sulfonamides is 1. The maximum absolute atomic E-state index is 13.5. The van der Waals surface area contributed by atoms with Gasteiger partial charge in [-0.1, -0.05) is 42.0 Å². The molecule has 0 atom stereocenters. The summed E-state index contributed by atoms with van der Waals surface area (Å²) in [5, 5.41) is 6.14. The van der Waals surface area contributed by atoms with Crippen LogP contribution in [0, 0.1) is 6.92 Å². The van der Waals surface area contributed by atoms with E-state index < -0.39 is 52.6 Å². The molecule has 3 aromatic carbocycles. The van der Waals surface area contributed by atoms with Crippen molar-refractivity contribution in [3.63, 3.8) is 0 Å². The van der Waals surface area contributed by atoms with E-state index in [0.717, 1.165) is 43.3 Å². The van der Waals surface area contributed by atoms with Crippen molar-refractivity contribution in [2.24, 2.45) is 0 Å². The number of carbonyl (C=O) groups is 3. The van der Waals surface area contributed by atoms with Crippen LogP contribution in [-0.4, -0.2) is 76.9 Å². The van der Waals surface area contributed by atoms with Crippen molar-refractivity contribution in [1.29, 1.82) is 0 Å². The van der Waals surface area contributed by atoms with Crippen LogP contribution >= 0.6 is 0 Å². The zero-order valence-electron chi connectivity index (χ0n) is 25.2. The Morgan fingerprint density at radius 1 is 0.980 bits per heavy atom. The Morgan fingerprint density at radius 2 is 1.61 bits per heavy atom. The summed E-state index contributed by atoms with van der Waals surface area (Å²) in [5.74, 6) is -1.01. The van der Waals surface area contributed by atoms with Gasteiger partial charge in [0.15, 0.2) is 5.69 Å². The van der Waals surface area contributed by atoms with Crippen LogP contribution in [0.15, 0.2) is 88.4 Å². The highest BCUT2D eigenvalue weighted by molar-refractivity contribution is 7.90. The highest BCUT2D eigenvalue weighted by Gasteiger charge is 2.40. The number of hydrogen-bond acceptors (Lipinski definition) is 10. The van der Waals surface area contributed by atoms with Crippen molar-refractivity contribution in [2.45, 2.75) is 24.1 Å². The average molecular weight is 700 g/mol. The van der Waals surface area contributed by atoms with Gasteiger partial charge in [0.2, 0.25) is 6.73 Å². The first-order chi connectivity index (χ1) is 23.3. The Hall–Kier alpha value is -5.98.